The number of fused-ring (bicyclic) bond motifs is 2. The van der Waals surface area contributed by atoms with Crippen LogP contribution < -0.4 is 25.3 Å². The lowest BCUT2D eigenvalue weighted by Gasteiger charge is -2.24. The molecule has 1 unspecified atom stereocenters. The molecular weight excluding hydrogens is 488 g/mol. The minimum Gasteiger partial charge on any atom is -0.493 e. The summed E-state index contributed by atoms with van der Waals surface area (Å²) in [7, 11) is 3.14. The van der Waals surface area contributed by atoms with Crippen LogP contribution in [-0.4, -0.2) is 54.9 Å². The van der Waals surface area contributed by atoms with Crippen molar-refractivity contribution in [2.75, 3.05) is 32.6 Å². The predicted molar refractivity (Wildman–Crippen MR) is 138 cm³/mol. The summed E-state index contributed by atoms with van der Waals surface area (Å²) in [6, 6.07) is 12.3. The smallest absolute Gasteiger partial charge is 0.240 e. The number of piperidine rings is 1. The molecule has 3 fully saturated rings. The highest BCUT2D eigenvalue weighted by Crippen LogP contribution is 2.55. The molecule has 0 radical (unpaired) electrons. The van der Waals surface area contributed by atoms with Crippen LogP contribution in [0.4, 0.5) is 5.69 Å². The average molecular weight is 517 g/mol. The van der Waals surface area contributed by atoms with Crippen LogP contribution in [0.2, 0.25) is 0 Å². The number of carbonyl (C=O) groups excluding carboxylic acids is 3. The average Bonchev–Trinajstić information content (AvgIpc) is 3.83. The van der Waals surface area contributed by atoms with Gasteiger partial charge in [-0.2, -0.15) is 0 Å². The number of carbonyl (C=O) groups is 3. The number of pyridine rings is 1. The van der Waals surface area contributed by atoms with Crippen molar-refractivity contribution in [2.24, 2.45) is 28.9 Å². The number of nitrogens with one attached hydrogen (secondary N) is 1. The van der Waals surface area contributed by atoms with Crippen LogP contribution in [0.25, 0.3) is 10.9 Å². The summed E-state index contributed by atoms with van der Waals surface area (Å²) in [6.07, 6.45) is 2.70. The first kappa shape index (κ1) is 24.0. The zero-order valence-electron chi connectivity index (χ0n) is 21.1. The van der Waals surface area contributed by atoms with Crippen LogP contribution in [-0.2, 0) is 14.4 Å². The molecule has 2 aliphatic carbocycles. The van der Waals surface area contributed by atoms with Gasteiger partial charge < -0.3 is 30.2 Å². The van der Waals surface area contributed by atoms with E-state index in [1.54, 1.807) is 61.7 Å². The first-order chi connectivity index (χ1) is 18.3. The normalized spacial score (nSPS) is 22.4. The molecule has 3 N–H and O–H groups in total. The van der Waals surface area contributed by atoms with Crippen LogP contribution in [0.5, 0.6) is 23.0 Å². The third-order valence-electron chi connectivity index (χ3n) is 7.95. The molecule has 1 aliphatic heterocycles. The first-order valence-corrected chi connectivity index (χ1v) is 12.5. The quantitative estimate of drug-likeness (QED) is 0.440. The summed E-state index contributed by atoms with van der Waals surface area (Å²) in [5.41, 5.74) is 5.66. The van der Waals surface area contributed by atoms with E-state index in [0.29, 0.717) is 60.1 Å². The fraction of sp³-hybridized carbons (Fsp3) is 0.357. The Balaban J connectivity index is 1.12. The van der Waals surface area contributed by atoms with E-state index in [0.717, 1.165) is 5.39 Å². The molecule has 2 aromatic carbocycles. The molecule has 3 atom stereocenters. The fourth-order valence-corrected chi connectivity index (χ4v) is 5.60. The van der Waals surface area contributed by atoms with Crippen LogP contribution in [0, 0.1) is 23.2 Å². The number of hydrogen-bond acceptors (Lipinski definition) is 7. The van der Waals surface area contributed by atoms with E-state index in [2.05, 4.69) is 10.3 Å². The number of likely N-dealkylation sites (tertiary alicyclic amines) is 1. The van der Waals surface area contributed by atoms with E-state index >= 15 is 0 Å². The van der Waals surface area contributed by atoms with Gasteiger partial charge in [0.05, 0.1) is 19.7 Å². The van der Waals surface area contributed by atoms with Gasteiger partial charge in [-0.1, -0.05) is 0 Å². The summed E-state index contributed by atoms with van der Waals surface area (Å²) in [6.45, 7) is 1.00. The highest BCUT2D eigenvalue weighted by Gasteiger charge is 2.64. The maximum Gasteiger partial charge on any atom is 0.240 e. The molecular formula is C28H28N4O6. The van der Waals surface area contributed by atoms with Crippen LogP contribution in [0.15, 0.2) is 48.7 Å². The third-order valence-corrected chi connectivity index (χ3v) is 7.95. The second-order valence-corrected chi connectivity index (χ2v) is 10.2. The largest absolute Gasteiger partial charge is 0.493 e. The number of benzene rings is 2. The number of nitrogens with two attached hydrogens (primary N) is 1. The van der Waals surface area contributed by atoms with Gasteiger partial charge in [0.1, 0.15) is 16.9 Å². The Kier molecular flexibility index (Phi) is 5.62. The number of anilines is 1. The van der Waals surface area contributed by atoms with Crippen molar-refractivity contribution in [3.8, 4) is 23.0 Å². The van der Waals surface area contributed by atoms with Crippen LogP contribution in [0.1, 0.15) is 12.8 Å². The number of ether oxygens (including phenoxy) is 3. The van der Waals surface area contributed by atoms with Gasteiger partial charge in [0.25, 0.3) is 0 Å². The van der Waals surface area contributed by atoms with Gasteiger partial charge in [-0.05, 0) is 61.1 Å². The Bertz CT molecular complexity index is 1440. The molecule has 196 valence electrons. The zero-order chi connectivity index (χ0) is 26.6. The molecule has 38 heavy (non-hydrogen) atoms. The molecule has 1 saturated heterocycles. The number of amides is 3. The second-order valence-electron chi connectivity index (χ2n) is 10.2. The molecule has 2 saturated carbocycles. The number of aromatic nitrogens is 1. The number of hydrogen-bond donors (Lipinski definition) is 2. The molecule has 3 aromatic rings. The Hall–Kier alpha value is -4.34. The van der Waals surface area contributed by atoms with Gasteiger partial charge in [-0.15, -0.1) is 0 Å². The second kappa shape index (κ2) is 8.90. The van der Waals surface area contributed by atoms with E-state index in [1.807, 2.05) is 6.07 Å². The lowest BCUT2D eigenvalue weighted by atomic mass is 10.0. The van der Waals surface area contributed by atoms with Gasteiger partial charge in [0, 0.05) is 42.3 Å². The fourth-order valence-electron chi connectivity index (χ4n) is 5.60. The number of rotatable bonds is 8. The van der Waals surface area contributed by atoms with Crippen molar-refractivity contribution in [1.29, 1.82) is 0 Å². The Labute approximate surface area is 219 Å². The van der Waals surface area contributed by atoms with Gasteiger partial charge in [-0.25, -0.2) is 0 Å². The molecule has 10 nitrogen and oxygen atoms in total. The molecule has 10 heteroatoms. The maximum atomic E-state index is 13.2. The van der Waals surface area contributed by atoms with E-state index in [4.69, 9.17) is 19.9 Å². The number of methoxy groups -OCH3 is 2. The molecule has 3 aliphatic rings. The molecule has 6 rings (SSSR count). The van der Waals surface area contributed by atoms with Crippen molar-refractivity contribution in [2.45, 2.75) is 12.8 Å². The molecule has 2 heterocycles. The van der Waals surface area contributed by atoms with Gasteiger partial charge in [0.15, 0.2) is 11.5 Å². The summed E-state index contributed by atoms with van der Waals surface area (Å²) >= 11 is 0. The van der Waals surface area contributed by atoms with Crippen LogP contribution in [0.3, 0.4) is 0 Å². The zero-order valence-corrected chi connectivity index (χ0v) is 21.1. The SMILES string of the molecule is COc1cc2nccc(Oc3ccc(NC(=O)C4(C(=O)N5C[C@@H]6C(C(N)=O)[C@@H]6C5)CC4)cc3)c2cc1OC. The maximum absolute atomic E-state index is 13.2. The topological polar surface area (TPSA) is 133 Å². The molecule has 3 amide bonds. The van der Waals surface area contributed by atoms with Crippen molar-refractivity contribution in [3.05, 3.63) is 48.7 Å². The first-order valence-electron chi connectivity index (χ1n) is 12.5. The monoisotopic (exact) mass is 516 g/mol. The van der Waals surface area contributed by atoms with E-state index in [9.17, 15) is 14.4 Å². The summed E-state index contributed by atoms with van der Waals surface area (Å²) in [4.78, 5) is 43.8. The highest BCUT2D eigenvalue weighted by molar-refractivity contribution is 6.13. The minimum atomic E-state index is -1.02. The Morgan fingerprint density at radius 1 is 0.974 bits per heavy atom. The van der Waals surface area contributed by atoms with E-state index in [1.165, 1.54) is 0 Å². The number of nitrogens with zero attached hydrogens (tertiary/aromatic N) is 2. The van der Waals surface area contributed by atoms with Crippen molar-refractivity contribution >= 4 is 34.3 Å². The van der Waals surface area contributed by atoms with E-state index < -0.39 is 5.41 Å². The summed E-state index contributed by atoms with van der Waals surface area (Å²) in [5.74, 6) is 1.72. The molecule has 1 aromatic heterocycles. The van der Waals surface area contributed by atoms with Crippen molar-refractivity contribution < 1.29 is 28.6 Å². The standard InChI is InChI=1S/C28H28N4O6/c1-36-22-11-17-20(12-23(22)37-2)30-10-7-21(17)38-16-5-3-15(4-6-16)31-26(34)28(8-9-28)27(35)32-13-18-19(14-32)24(18)25(29)33/h3-7,10-12,18-19,24H,8-9,13-14H2,1-2H3,(H2,29,33)(H,31,34)/t18-,19+,24?. The van der Waals surface area contributed by atoms with E-state index in [-0.39, 0.29) is 35.5 Å². The predicted octanol–water partition coefficient (Wildman–Crippen LogP) is 2.95. The van der Waals surface area contributed by atoms with Gasteiger partial charge in [0.2, 0.25) is 17.7 Å². The molecule has 0 bridgehead atoms. The van der Waals surface area contributed by atoms with Crippen molar-refractivity contribution in [3.63, 3.8) is 0 Å². The third kappa shape index (κ3) is 3.96. The lowest BCUT2D eigenvalue weighted by molar-refractivity contribution is -0.142. The minimum absolute atomic E-state index is 0.126. The highest BCUT2D eigenvalue weighted by atomic mass is 16.5. The summed E-state index contributed by atoms with van der Waals surface area (Å²) < 4.78 is 16.9. The van der Waals surface area contributed by atoms with Gasteiger partial charge >= 0.3 is 0 Å². The van der Waals surface area contributed by atoms with Gasteiger partial charge in [-0.3, -0.25) is 19.4 Å². The number of primary amides is 1. The summed E-state index contributed by atoms with van der Waals surface area (Å²) in [5, 5.41) is 3.65. The Morgan fingerprint density at radius 3 is 2.24 bits per heavy atom. The Morgan fingerprint density at radius 2 is 1.63 bits per heavy atom. The lowest BCUT2D eigenvalue weighted by Crippen LogP contribution is -2.43. The van der Waals surface area contributed by atoms with Crippen LogP contribution >= 0.6 is 0 Å². The van der Waals surface area contributed by atoms with Crippen molar-refractivity contribution in [1.82, 2.24) is 9.88 Å². The molecule has 0 spiro atoms.